The van der Waals surface area contributed by atoms with Gasteiger partial charge in [0.25, 0.3) is 0 Å². The zero-order valence-electron chi connectivity index (χ0n) is 11.5. The first-order valence-corrected chi connectivity index (χ1v) is 8.27. The molecule has 2 rings (SSSR count). The zero-order chi connectivity index (χ0) is 13.9. The van der Waals surface area contributed by atoms with Gasteiger partial charge in [0.15, 0.2) is 0 Å². The lowest BCUT2D eigenvalue weighted by Crippen LogP contribution is -2.21. The van der Waals surface area contributed by atoms with E-state index in [2.05, 4.69) is 17.0 Å². The molecule has 5 heteroatoms. The van der Waals surface area contributed by atoms with Crippen molar-refractivity contribution < 1.29 is 8.42 Å². The molecule has 1 aromatic rings. The largest absolute Gasteiger partial charge is 0.384 e. The molecule has 19 heavy (non-hydrogen) atoms. The van der Waals surface area contributed by atoms with E-state index in [-0.39, 0.29) is 0 Å². The SMILES string of the molecule is CNS(=O)(=O)c1ccccc1NCC1CCC(C)C1. The first-order valence-electron chi connectivity index (χ1n) is 6.79. The van der Waals surface area contributed by atoms with Crippen LogP contribution in [0.1, 0.15) is 26.2 Å². The molecule has 1 aromatic carbocycles. The predicted molar refractivity (Wildman–Crippen MR) is 77.7 cm³/mol. The molecule has 2 atom stereocenters. The highest BCUT2D eigenvalue weighted by atomic mass is 32.2. The Labute approximate surface area is 115 Å². The standard InChI is InChI=1S/C14H22N2O2S/c1-11-7-8-12(9-11)10-16-13-5-3-4-6-14(13)19(17,18)15-2/h3-6,11-12,15-16H,7-10H2,1-2H3. The van der Waals surface area contributed by atoms with Crippen LogP contribution in [0, 0.1) is 11.8 Å². The normalized spacial score (nSPS) is 23.5. The molecule has 1 saturated carbocycles. The minimum atomic E-state index is -3.40. The van der Waals surface area contributed by atoms with Crippen molar-refractivity contribution >= 4 is 15.7 Å². The lowest BCUT2D eigenvalue weighted by atomic mass is 10.1. The third kappa shape index (κ3) is 3.48. The molecule has 1 aliphatic rings. The predicted octanol–water partition coefficient (Wildman–Crippen LogP) is 2.44. The summed E-state index contributed by atoms with van der Waals surface area (Å²) >= 11 is 0. The van der Waals surface area contributed by atoms with Crippen molar-refractivity contribution in [2.45, 2.75) is 31.1 Å². The van der Waals surface area contributed by atoms with Gasteiger partial charge in [0, 0.05) is 6.54 Å². The lowest BCUT2D eigenvalue weighted by molar-refractivity contribution is 0.536. The van der Waals surface area contributed by atoms with E-state index in [0.29, 0.717) is 16.5 Å². The van der Waals surface area contributed by atoms with E-state index >= 15 is 0 Å². The smallest absolute Gasteiger partial charge is 0.242 e. The van der Waals surface area contributed by atoms with Crippen LogP contribution in [0.3, 0.4) is 0 Å². The summed E-state index contributed by atoms with van der Waals surface area (Å²) in [6, 6.07) is 7.05. The number of nitrogens with one attached hydrogen (secondary N) is 2. The molecule has 0 bridgehead atoms. The van der Waals surface area contributed by atoms with Crippen molar-refractivity contribution in [1.29, 1.82) is 0 Å². The number of anilines is 1. The highest BCUT2D eigenvalue weighted by Crippen LogP contribution is 2.31. The average molecular weight is 282 g/mol. The second-order valence-corrected chi connectivity index (χ2v) is 7.22. The van der Waals surface area contributed by atoms with Crippen LogP contribution in [-0.4, -0.2) is 22.0 Å². The Bertz CT molecular complexity index is 528. The third-order valence-electron chi connectivity index (χ3n) is 3.83. The van der Waals surface area contributed by atoms with Crippen molar-refractivity contribution in [2.75, 3.05) is 18.9 Å². The zero-order valence-corrected chi connectivity index (χ0v) is 12.3. The van der Waals surface area contributed by atoms with Gasteiger partial charge in [0.05, 0.1) is 5.69 Å². The van der Waals surface area contributed by atoms with E-state index in [1.54, 1.807) is 12.1 Å². The molecule has 0 aliphatic heterocycles. The molecule has 1 fully saturated rings. The topological polar surface area (TPSA) is 58.2 Å². The van der Waals surface area contributed by atoms with Crippen LogP contribution < -0.4 is 10.0 Å². The molecule has 0 saturated heterocycles. The van der Waals surface area contributed by atoms with Gasteiger partial charge < -0.3 is 5.32 Å². The summed E-state index contributed by atoms with van der Waals surface area (Å²) in [4.78, 5) is 0.323. The van der Waals surface area contributed by atoms with Gasteiger partial charge in [-0.05, 0) is 43.9 Å². The second kappa shape index (κ2) is 5.92. The Balaban J connectivity index is 2.08. The first-order chi connectivity index (χ1) is 9.03. The summed E-state index contributed by atoms with van der Waals surface area (Å²) in [5.41, 5.74) is 0.691. The monoisotopic (exact) mass is 282 g/mol. The molecular weight excluding hydrogens is 260 g/mol. The molecular formula is C14H22N2O2S. The lowest BCUT2D eigenvalue weighted by Gasteiger charge is -2.15. The highest BCUT2D eigenvalue weighted by molar-refractivity contribution is 7.89. The van der Waals surface area contributed by atoms with Gasteiger partial charge in [0.2, 0.25) is 10.0 Å². The van der Waals surface area contributed by atoms with Crippen molar-refractivity contribution in [3.05, 3.63) is 24.3 Å². The fourth-order valence-electron chi connectivity index (χ4n) is 2.72. The Morgan fingerprint density at radius 3 is 2.63 bits per heavy atom. The number of para-hydroxylation sites is 1. The summed E-state index contributed by atoms with van der Waals surface area (Å²) in [6.45, 7) is 3.12. The van der Waals surface area contributed by atoms with Gasteiger partial charge >= 0.3 is 0 Å². The average Bonchev–Trinajstić information content (AvgIpc) is 2.82. The molecule has 4 nitrogen and oxygen atoms in total. The summed E-state index contributed by atoms with van der Waals surface area (Å²) < 4.78 is 26.2. The van der Waals surface area contributed by atoms with Crippen LogP contribution >= 0.6 is 0 Å². The molecule has 0 amide bonds. The van der Waals surface area contributed by atoms with E-state index in [1.165, 1.54) is 26.3 Å². The van der Waals surface area contributed by atoms with E-state index in [1.807, 2.05) is 12.1 Å². The maximum Gasteiger partial charge on any atom is 0.242 e. The summed E-state index contributed by atoms with van der Waals surface area (Å²) in [5, 5.41) is 3.30. The molecule has 0 radical (unpaired) electrons. The minimum absolute atomic E-state index is 0.323. The molecule has 0 spiro atoms. The van der Waals surface area contributed by atoms with Crippen molar-refractivity contribution in [2.24, 2.45) is 11.8 Å². The summed E-state index contributed by atoms with van der Waals surface area (Å²) in [7, 11) is -1.96. The van der Waals surface area contributed by atoms with Crippen molar-refractivity contribution in [3.8, 4) is 0 Å². The van der Waals surface area contributed by atoms with Crippen LogP contribution in [0.5, 0.6) is 0 Å². The number of rotatable bonds is 5. The number of benzene rings is 1. The summed E-state index contributed by atoms with van der Waals surface area (Å²) in [5.74, 6) is 1.45. The fraction of sp³-hybridized carbons (Fsp3) is 0.571. The maximum atomic E-state index is 11.9. The Kier molecular flexibility index (Phi) is 4.47. The Morgan fingerprint density at radius 1 is 1.26 bits per heavy atom. The summed E-state index contributed by atoms with van der Waals surface area (Å²) in [6.07, 6.45) is 3.74. The van der Waals surface area contributed by atoms with Crippen LogP contribution in [0.4, 0.5) is 5.69 Å². The highest BCUT2D eigenvalue weighted by Gasteiger charge is 2.22. The van der Waals surface area contributed by atoms with Gasteiger partial charge in [-0.2, -0.15) is 0 Å². The van der Waals surface area contributed by atoms with E-state index in [9.17, 15) is 8.42 Å². The van der Waals surface area contributed by atoms with E-state index in [4.69, 9.17) is 0 Å². The molecule has 106 valence electrons. The van der Waals surface area contributed by atoms with Crippen molar-refractivity contribution in [1.82, 2.24) is 4.72 Å². The second-order valence-electron chi connectivity index (χ2n) is 5.37. The van der Waals surface area contributed by atoms with Crippen LogP contribution in [0.25, 0.3) is 0 Å². The number of sulfonamides is 1. The van der Waals surface area contributed by atoms with Crippen LogP contribution in [-0.2, 0) is 10.0 Å². The first kappa shape index (κ1) is 14.3. The van der Waals surface area contributed by atoms with E-state index < -0.39 is 10.0 Å². The molecule has 1 aliphatic carbocycles. The Morgan fingerprint density at radius 2 is 2.00 bits per heavy atom. The van der Waals surface area contributed by atoms with Crippen LogP contribution in [0.15, 0.2) is 29.2 Å². The van der Waals surface area contributed by atoms with Gasteiger partial charge in [0.1, 0.15) is 4.90 Å². The van der Waals surface area contributed by atoms with Crippen molar-refractivity contribution in [3.63, 3.8) is 0 Å². The molecule has 0 heterocycles. The fourth-order valence-corrected chi connectivity index (χ4v) is 3.63. The number of hydrogen-bond donors (Lipinski definition) is 2. The van der Waals surface area contributed by atoms with Gasteiger partial charge in [-0.25, -0.2) is 13.1 Å². The third-order valence-corrected chi connectivity index (χ3v) is 5.30. The van der Waals surface area contributed by atoms with E-state index in [0.717, 1.165) is 12.5 Å². The van der Waals surface area contributed by atoms with Crippen LogP contribution in [0.2, 0.25) is 0 Å². The Hall–Kier alpha value is -1.07. The number of hydrogen-bond acceptors (Lipinski definition) is 3. The molecule has 0 aromatic heterocycles. The molecule has 2 N–H and O–H groups in total. The van der Waals surface area contributed by atoms with Gasteiger partial charge in [-0.1, -0.05) is 25.5 Å². The quantitative estimate of drug-likeness (QED) is 0.872. The molecule has 2 unspecified atom stereocenters. The maximum absolute atomic E-state index is 11.9. The van der Waals surface area contributed by atoms with Gasteiger partial charge in [-0.15, -0.1) is 0 Å². The minimum Gasteiger partial charge on any atom is -0.384 e. The van der Waals surface area contributed by atoms with Gasteiger partial charge in [-0.3, -0.25) is 0 Å².